The molecule has 0 aromatic carbocycles. The second-order valence-electron chi connectivity index (χ2n) is 4.36. The minimum absolute atomic E-state index is 0.0176. The van der Waals surface area contributed by atoms with Gasteiger partial charge in [-0.05, 0) is 13.3 Å². The maximum Gasteiger partial charge on any atom is 0.265 e. The maximum atomic E-state index is 12.2. The fraction of sp³-hybridized carbons (Fsp3) is 0.667. The lowest BCUT2D eigenvalue weighted by Crippen LogP contribution is -2.38. The summed E-state index contributed by atoms with van der Waals surface area (Å²) in [5.74, 6) is -0.0609. The Balaban J connectivity index is 2.78. The molecule has 1 rings (SSSR count). The van der Waals surface area contributed by atoms with Crippen LogP contribution in [0.5, 0.6) is 0 Å². The number of methoxy groups -OCH3 is 1. The van der Waals surface area contributed by atoms with Crippen molar-refractivity contribution in [3.63, 3.8) is 0 Å². The van der Waals surface area contributed by atoms with Crippen molar-refractivity contribution in [2.45, 2.75) is 19.4 Å². The molecule has 0 aliphatic heterocycles. The van der Waals surface area contributed by atoms with Gasteiger partial charge in [0, 0.05) is 27.3 Å². The SMILES string of the molecule is CCN(C)c1nc(N)c(C(=O)NC(CCO)COC)s1. The van der Waals surface area contributed by atoms with E-state index in [1.54, 1.807) is 7.11 Å². The van der Waals surface area contributed by atoms with Crippen LogP contribution in [0.3, 0.4) is 0 Å². The number of aliphatic hydroxyl groups excluding tert-OH is 1. The van der Waals surface area contributed by atoms with E-state index in [2.05, 4.69) is 10.3 Å². The standard InChI is InChI=1S/C12H22N4O3S/c1-4-16(2)12-15-10(13)9(20-12)11(18)14-8(5-6-17)7-19-3/h8,17H,4-7,13H2,1-3H3,(H,14,18). The number of hydrogen-bond donors (Lipinski definition) is 3. The van der Waals surface area contributed by atoms with Crippen LogP contribution in [0.2, 0.25) is 0 Å². The molecule has 8 heteroatoms. The maximum absolute atomic E-state index is 12.2. The molecule has 0 saturated carbocycles. The molecule has 20 heavy (non-hydrogen) atoms. The van der Waals surface area contributed by atoms with Gasteiger partial charge in [0.25, 0.3) is 5.91 Å². The van der Waals surface area contributed by atoms with Gasteiger partial charge >= 0.3 is 0 Å². The molecule has 0 aliphatic rings. The van der Waals surface area contributed by atoms with Gasteiger partial charge in [0.05, 0.1) is 12.6 Å². The second-order valence-corrected chi connectivity index (χ2v) is 5.34. The molecule has 0 aliphatic carbocycles. The first-order valence-corrected chi connectivity index (χ1v) is 7.23. The molecule has 1 aromatic heterocycles. The van der Waals surface area contributed by atoms with Crippen LogP contribution in [-0.2, 0) is 4.74 Å². The Hall–Kier alpha value is -1.38. The molecule has 1 heterocycles. The lowest BCUT2D eigenvalue weighted by molar-refractivity contribution is 0.0883. The summed E-state index contributed by atoms with van der Waals surface area (Å²) in [5, 5.41) is 12.5. The zero-order valence-electron chi connectivity index (χ0n) is 12.0. The van der Waals surface area contributed by atoms with Crippen LogP contribution < -0.4 is 16.0 Å². The molecule has 1 unspecified atom stereocenters. The van der Waals surface area contributed by atoms with Crippen LogP contribution in [0.4, 0.5) is 10.9 Å². The van der Waals surface area contributed by atoms with Crippen molar-refractivity contribution >= 4 is 28.2 Å². The van der Waals surface area contributed by atoms with Gasteiger partial charge in [-0.3, -0.25) is 4.79 Å². The van der Waals surface area contributed by atoms with Crippen LogP contribution in [0.1, 0.15) is 23.0 Å². The van der Waals surface area contributed by atoms with E-state index in [0.717, 1.165) is 6.54 Å². The molecule has 1 atom stereocenters. The number of thiazole rings is 1. The van der Waals surface area contributed by atoms with Gasteiger partial charge in [-0.1, -0.05) is 11.3 Å². The summed E-state index contributed by atoms with van der Waals surface area (Å²) in [6.07, 6.45) is 0.431. The summed E-state index contributed by atoms with van der Waals surface area (Å²) < 4.78 is 5.01. The van der Waals surface area contributed by atoms with Gasteiger partial charge in [0.1, 0.15) is 10.7 Å². The Kier molecular flexibility index (Phi) is 6.69. The summed E-state index contributed by atoms with van der Waals surface area (Å²) in [6, 6.07) is -0.244. The van der Waals surface area contributed by atoms with Crippen molar-refractivity contribution in [1.29, 1.82) is 0 Å². The summed E-state index contributed by atoms with van der Waals surface area (Å²) in [7, 11) is 3.44. The molecule has 0 saturated heterocycles. The average molecular weight is 302 g/mol. The fourth-order valence-corrected chi connectivity index (χ4v) is 2.50. The van der Waals surface area contributed by atoms with Gasteiger partial charge < -0.3 is 25.8 Å². The highest BCUT2D eigenvalue weighted by Crippen LogP contribution is 2.27. The number of nitrogens with one attached hydrogen (secondary N) is 1. The molecule has 0 fully saturated rings. The molecule has 1 aromatic rings. The number of nitrogen functional groups attached to an aromatic ring is 1. The van der Waals surface area contributed by atoms with E-state index in [1.165, 1.54) is 11.3 Å². The molecule has 0 bridgehead atoms. The number of anilines is 2. The average Bonchev–Trinajstić information content (AvgIpc) is 2.80. The van der Waals surface area contributed by atoms with Gasteiger partial charge in [-0.2, -0.15) is 0 Å². The third kappa shape index (κ3) is 4.32. The first-order valence-electron chi connectivity index (χ1n) is 6.41. The zero-order valence-corrected chi connectivity index (χ0v) is 12.9. The van der Waals surface area contributed by atoms with Crippen molar-refractivity contribution in [3.8, 4) is 0 Å². The Labute approximate surface area is 122 Å². The highest BCUT2D eigenvalue weighted by atomic mass is 32.1. The lowest BCUT2D eigenvalue weighted by Gasteiger charge is -2.16. The van der Waals surface area contributed by atoms with Crippen molar-refractivity contribution in [2.24, 2.45) is 0 Å². The van der Waals surface area contributed by atoms with E-state index in [-0.39, 0.29) is 24.4 Å². The quantitative estimate of drug-likeness (QED) is 0.639. The van der Waals surface area contributed by atoms with Crippen LogP contribution in [0.25, 0.3) is 0 Å². The number of carbonyl (C=O) groups is 1. The van der Waals surface area contributed by atoms with Crippen molar-refractivity contribution in [2.75, 3.05) is 44.5 Å². The summed E-state index contributed by atoms with van der Waals surface area (Å²) in [4.78, 5) is 18.7. The zero-order chi connectivity index (χ0) is 15.1. The van der Waals surface area contributed by atoms with E-state index in [4.69, 9.17) is 15.6 Å². The Morgan fingerprint density at radius 2 is 2.35 bits per heavy atom. The van der Waals surface area contributed by atoms with Gasteiger partial charge in [0.2, 0.25) is 0 Å². The molecular formula is C12H22N4O3S. The van der Waals surface area contributed by atoms with Gasteiger partial charge in [0.15, 0.2) is 5.13 Å². The number of rotatable bonds is 8. The Morgan fingerprint density at radius 3 is 2.90 bits per heavy atom. The first-order chi connectivity index (χ1) is 9.53. The van der Waals surface area contributed by atoms with Crippen molar-refractivity contribution < 1.29 is 14.6 Å². The number of aliphatic hydroxyl groups is 1. The number of aromatic nitrogens is 1. The molecule has 1 amide bonds. The molecule has 0 radical (unpaired) electrons. The number of carbonyl (C=O) groups excluding carboxylic acids is 1. The van der Waals surface area contributed by atoms with Crippen molar-refractivity contribution in [1.82, 2.24) is 10.3 Å². The smallest absolute Gasteiger partial charge is 0.265 e. The molecular weight excluding hydrogens is 280 g/mol. The minimum atomic E-state index is -0.286. The Bertz CT molecular complexity index is 432. The molecule has 7 nitrogen and oxygen atoms in total. The third-order valence-corrected chi connectivity index (χ3v) is 4.01. The van der Waals surface area contributed by atoms with Crippen LogP contribution in [0.15, 0.2) is 0 Å². The summed E-state index contributed by atoms with van der Waals surface area (Å²) >= 11 is 1.25. The number of hydrogen-bond acceptors (Lipinski definition) is 7. The summed E-state index contributed by atoms with van der Waals surface area (Å²) in [5.41, 5.74) is 5.79. The number of nitrogens with zero attached hydrogens (tertiary/aromatic N) is 2. The number of ether oxygens (including phenoxy) is 1. The highest BCUT2D eigenvalue weighted by molar-refractivity contribution is 7.18. The fourth-order valence-electron chi connectivity index (χ4n) is 1.59. The number of amides is 1. The van der Waals surface area contributed by atoms with E-state index >= 15 is 0 Å². The third-order valence-electron chi connectivity index (χ3n) is 2.83. The van der Waals surface area contributed by atoms with Gasteiger partial charge in [-0.15, -0.1) is 0 Å². The van der Waals surface area contributed by atoms with Crippen LogP contribution in [0, 0.1) is 0 Å². The lowest BCUT2D eigenvalue weighted by atomic mass is 10.2. The monoisotopic (exact) mass is 302 g/mol. The molecule has 114 valence electrons. The normalized spacial score (nSPS) is 12.2. The van der Waals surface area contributed by atoms with Crippen LogP contribution in [-0.4, -0.2) is 56.0 Å². The second kappa shape index (κ2) is 8.03. The minimum Gasteiger partial charge on any atom is -0.396 e. The van der Waals surface area contributed by atoms with E-state index in [9.17, 15) is 4.79 Å². The van der Waals surface area contributed by atoms with Crippen LogP contribution >= 0.6 is 11.3 Å². The largest absolute Gasteiger partial charge is 0.396 e. The highest BCUT2D eigenvalue weighted by Gasteiger charge is 2.20. The predicted molar refractivity (Wildman–Crippen MR) is 80.3 cm³/mol. The van der Waals surface area contributed by atoms with Crippen molar-refractivity contribution in [3.05, 3.63) is 4.88 Å². The van der Waals surface area contributed by atoms with E-state index < -0.39 is 0 Å². The summed E-state index contributed by atoms with van der Waals surface area (Å²) in [6.45, 7) is 3.10. The molecule has 0 spiro atoms. The number of nitrogens with two attached hydrogens (primary N) is 1. The first kappa shape index (κ1) is 16.7. The molecule has 4 N–H and O–H groups in total. The topological polar surface area (TPSA) is 101 Å². The predicted octanol–water partition coefficient (Wildman–Crippen LogP) is 0.309. The van der Waals surface area contributed by atoms with Gasteiger partial charge in [-0.25, -0.2) is 4.98 Å². The van der Waals surface area contributed by atoms with E-state index in [1.807, 2.05) is 18.9 Å². The Morgan fingerprint density at radius 1 is 1.65 bits per heavy atom. The van der Waals surface area contributed by atoms with E-state index in [0.29, 0.717) is 23.0 Å².